The molecule has 0 aromatic carbocycles. The van der Waals surface area contributed by atoms with Crippen molar-refractivity contribution in [1.82, 2.24) is 0 Å². The summed E-state index contributed by atoms with van der Waals surface area (Å²) in [6.45, 7) is 3.82. The Balaban J connectivity index is 4.17. The predicted octanol–water partition coefficient (Wildman–Crippen LogP) is 0.0762. The van der Waals surface area contributed by atoms with Gasteiger partial charge in [0.1, 0.15) is 13.2 Å². The molecular weight excluding hydrogens is 238 g/mol. The predicted molar refractivity (Wildman–Crippen MR) is 65.6 cm³/mol. The number of carbonyl (C=O) groups is 2. The van der Waals surface area contributed by atoms with Gasteiger partial charge in [0.15, 0.2) is 0 Å². The van der Waals surface area contributed by atoms with Crippen LogP contribution < -0.4 is 5.73 Å². The molecular formula is C12H23NO5. The fraction of sp³-hybridized carbons (Fsp3) is 0.833. The highest BCUT2D eigenvalue weighted by Crippen LogP contribution is 2.18. The number of nitrogens with two attached hydrogens (primary N) is 1. The number of aliphatic hydroxyl groups excluding tert-OH is 1. The van der Waals surface area contributed by atoms with Crippen molar-refractivity contribution in [2.45, 2.75) is 26.7 Å². The standard InChI is InChI=1S/C12H23NO5/c1-3-10(12(16)18-7-5-14)8-9(2)11(15)17-6-4-13/h9-10,14H,3-8,13H2,1-2H3. The Morgan fingerprint density at radius 1 is 1.22 bits per heavy atom. The van der Waals surface area contributed by atoms with E-state index in [0.717, 1.165) is 0 Å². The van der Waals surface area contributed by atoms with E-state index in [0.29, 0.717) is 12.8 Å². The van der Waals surface area contributed by atoms with Crippen LogP contribution >= 0.6 is 0 Å². The van der Waals surface area contributed by atoms with E-state index >= 15 is 0 Å². The fourth-order valence-electron chi connectivity index (χ4n) is 1.52. The molecule has 6 nitrogen and oxygen atoms in total. The largest absolute Gasteiger partial charge is 0.464 e. The SMILES string of the molecule is CCC(CC(C)C(=O)OCCN)C(=O)OCCO. The van der Waals surface area contributed by atoms with Crippen molar-refractivity contribution in [1.29, 1.82) is 0 Å². The first-order valence-corrected chi connectivity index (χ1v) is 6.20. The van der Waals surface area contributed by atoms with E-state index in [1.54, 1.807) is 6.92 Å². The summed E-state index contributed by atoms with van der Waals surface area (Å²) in [6.07, 6.45) is 0.961. The summed E-state index contributed by atoms with van der Waals surface area (Å²) < 4.78 is 9.75. The maximum absolute atomic E-state index is 11.6. The Morgan fingerprint density at radius 2 is 1.83 bits per heavy atom. The second-order valence-electron chi connectivity index (χ2n) is 4.09. The first kappa shape index (κ1) is 16.9. The van der Waals surface area contributed by atoms with E-state index in [9.17, 15) is 9.59 Å². The second kappa shape index (κ2) is 9.85. The van der Waals surface area contributed by atoms with Crippen molar-refractivity contribution in [2.24, 2.45) is 17.6 Å². The third-order valence-corrected chi connectivity index (χ3v) is 2.56. The minimum Gasteiger partial charge on any atom is -0.464 e. The van der Waals surface area contributed by atoms with Crippen LogP contribution in [0.15, 0.2) is 0 Å². The number of hydrogen-bond acceptors (Lipinski definition) is 6. The van der Waals surface area contributed by atoms with E-state index in [-0.39, 0.29) is 50.1 Å². The molecule has 2 unspecified atom stereocenters. The highest BCUT2D eigenvalue weighted by atomic mass is 16.5. The third-order valence-electron chi connectivity index (χ3n) is 2.56. The average Bonchev–Trinajstić information content (AvgIpc) is 2.38. The van der Waals surface area contributed by atoms with Crippen LogP contribution in [0.25, 0.3) is 0 Å². The van der Waals surface area contributed by atoms with Gasteiger partial charge in [-0.25, -0.2) is 0 Å². The van der Waals surface area contributed by atoms with E-state index in [1.165, 1.54) is 0 Å². The number of rotatable bonds is 9. The third kappa shape index (κ3) is 6.56. The monoisotopic (exact) mass is 261 g/mol. The van der Waals surface area contributed by atoms with Gasteiger partial charge < -0.3 is 20.3 Å². The van der Waals surface area contributed by atoms with Crippen LogP contribution in [-0.2, 0) is 19.1 Å². The molecule has 0 aliphatic rings. The minimum atomic E-state index is -0.384. The lowest BCUT2D eigenvalue weighted by Crippen LogP contribution is -2.25. The van der Waals surface area contributed by atoms with Crippen LogP contribution in [0.1, 0.15) is 26.7 Å². The zero-order chi connectivity index (χ0) is 14.0. The van der Waals surface area contributed by atoms with Crippen LogP contribution in [0, 0.1) is 11.8 Å². The van der Waals surface area contributed by atoms with Crippen LogP contribution in [0.4, 0.5) is 0 Å². The normalized spacial score (nSPS) is 13.8. The molecule has 18 heavy (non-hydrogen) atoms. The number of ether oxygens (including phenoxy) is 2. The number of hydrogen-bond donors (Lipinski definition) is 2. The maximum Gasteiger partial charge on any atom is 0.309 e. The molecule has 0 spiro atoms. The van der Waals surface area contributed by atoms with Gasteiger partial charge in [-0.05, 0) is 12.8 Å². The van der Waals surface area contributed by atoms with Crippen molar-refractivity contribution in [2.75, 3.05) is 26.4 Å². The summed E-state index contributed by atoms with van der Waals surface area (Å²) in [5.74, 6) is -1.46. The summed E-state index contributed by atoms with van der Waals surface area (Å²) in [4.78, 5) is 23.1. The van der Waals surface area contributed by atoms with E-state index < -0.39 is 0 Å². The van der Waals surface area contributed by atoms with Gasteiger partial charge in [-0.1, -0.05) is 13.8 Å². The fourth-order valence-corrected chi connectivity index (χ4v) is 1.52. The first-order valence-electron chi connectivity index (χ1n) is 6.20. The van der Waals surface area contributed by atoms with Gasteiger partial charge in [0.05, 0.1) is 18.4 Å². The van der Waals surface area contributed by atoms with Crippen LogP contribution in [0.5, 0.6) is 0 Å². The molecule has 0 fully saturated rings. The van der Waals surface area contributed by atoms with Crippen molar-refractivity contribution in [3.8, 4) is 0 Å². The Bertz CT molecular complexity index is 257. The Morgan fingerprint density at radius 3 is 2.33 bits per heavy atom. The molecule has 0 heterocycles. The number of aliphatic hydroxyl groups is 1. The quantitative estimate of drug-likeness (QED) is 0.570. The number of carbonyl (C=O) groups excluding carboxylic acids is 2. The van der Waals surface area contributed by atoms with Crippen LogP contribution in [-0.4, -0.2) is 43.4 Å². The molecule has 2 atom stereocenters. The molecule has 0 saturated heterocycles. The molecule has 106 valence electrons. The van der Waals surface area contributed by atoms with Crippen molar-refractivity contribution in [3.63, 3.8) is 0 Å². The molecule has 0 radical (unpaired) electrons. The smallest absolute Gasteiger partial charge is 0.309 e. The minimum absolute atomic E-state index is 0.0126. The van der Waals surface area contributed by atoms with Crippen molar-refractivity contribution in [3.05, 3.63) is 0 Å². The lowest BCUT2D eigenvalue weighted by Gasteiger charge is -2.17. The van der Waals surface area contributed by atoms with E-state index in [4.69, 9.17) is 20.3 Å². The lowest BCUT2D eigenvalue weighted by molar-refractivity contribution is -0.153. The molecule has 0 aliphatic carbocycles. The highest BCUT2D eigenvalue weighted by molar-refractivity contribution is 5.75. The van der Waals surface area contributed by atoms with Gasteiger partial charge in [-0.3, -0.25) is 9.59 Å². The zero-order valence-corrected chi connectivity index (χ0v) is 11.1. The molecule has 0 aromatic heterocycles. The summed E-state index contributed by atoms with van der Waals surface area (Å²) in [5.41, 5.74) is 5.23. The molecule has 0 bridgehead atoms. The van der Waals surface area contributed by atoms with Gasteiger partial charge in [0.25, 0.3) is 0 Å². The molecule has 0 amide bonds. The molecule has 0 saturated carbocycles. The Hall–Kier alpha value is -1.14. The van der Waals surface area contributed by atoms with Gasteiger partial charge in [-0.15, -0.1) is 0 Å². The second-order valence-corrected chi connectivity index (χ2v) is 4.09. The summed E-state index contributed by atoms with van der Waals surface area (Å²) in [6, 6.07) is 0. The maximum atomic E-state index is 11.6. The van der Waals surface area contributed by atoms with E-state index in [1.807, 2.05) is 6.92 Å². The Kier molecular flexibility index (Phi) is 9.22. The first-order chi connectivity index (χ1) is 8.56. The molecule has 6 heteroatoms. The lowest BCUT2D eigenvalue weighted by atomic mass is 9.94. The molecule has 3 N–H and O–H groups in total. The van der Waals surface area contributed by atoms with Gasteiger partial charge in [0, 0.05) is 6.54 Å². The molecule has 0 aromatic rings. The highest BCUT2D eigenvalue weighted by Gasteiger charge is 2.25. The van der Waals surface area contributed by atoms with Crippen LogP contribution in [0.3, 0.4) is 0 Å². The van der Waals surface area contributed by atoms with Crippen molar-refractivity contribution < 1.29 is 24.2 Å². The van der Waals surface area contributed by atoms with Gasteiger partial charge in [0.2, 0.25) is 0 Å². The van der Waals surface area contributed by atoms with Gasteiger partial charge in [-0.2, -0.15) is 0 Å². The molecule has 0 aliphatic heterocycles. The zero-order valence-electron chi connectivity index (χ0n) is 11.1. The topological polar surface area (TPSA) is 98.9 Å². The van der Waals surface area contributed by atoms with Gasteiger partial charge >= 0.3 is 11.9 Å². The summed E-state index contributed by atoms with van der Waals surface area (Å²) in [5, 5.41) is 8.57. The molecule has 0 rings (SSSR count). The van der Waals surface area contributed by atoms with Crippen molar-refractivity contribution >= 4 is 11.9 Å². The van der Waals surface area contributed by atoms with Crippen LogP contribution in [0.2, 0.25) is 0 Å². The summed E-state index contributed by atoms with van der Waals surface area (Å²) in [7, 11) is 0. The summed E-state index contributed by atoms with van der Waals surface area (Å²) >= 11 is 0. The van der Waals surface area contributed by atoms with E-state index in [2.05, 4.69) is 0 Å². The average molecular weight is 261 g/mol. The number of esters is 2. The Labute approximate surface area is 107 Å².